The van der Waals surface area contributed by atoms with Gasteiger partial charge in [0.2, 0.25) is 6.41 Å². The molecule has 0 bridgehead atoms. The molecular formula is C35H38NO8P. The Bertz CT molecular complexity index is 1470. The molecule has 0 heterocycles. The molecule has 0 unspecified atom stereocenters. The average molecular weight is 632 g/mol. The first-order chi connectivity index (χ1) is 21.9. The van der Waals surface area contributed by atoms with E-state index in [-0.39, 0.29) is 33.0 Å². The number of nitrogens with zero attached hydrogens (tertiary/aromatic N) is 1. The fraction of sp³-hybridized carbons (Fsp3) is 0.229. The van der Waals surface area contributed by atoms with Crippen LogP contribution in [0.1, 0.15) is 22.3 Å². The van der Waals surface area contributed by atoms with Gasteiger partial charge in [0, 0.05) is 5.82 Å². The van der Waals surface area contributed by atoms with Crippen LogP contribution in [0.25, 0.3) is 0 Å². The maximum Gasteiger partial charge on any atom is 0.348 e. The number of hydrogen-bond donors (Lipinski definition) is 2. The molecule has 0 aliphatic rings. The second kappa shape index (κ2) is 18.1. The van der Waals surface area contributed by atoms with Gasteiger partial charge < -0.3 is 24.0 Å². The zero-order valence-electron chi connectivity index (χ0n) is 24.8. The van der Waals surface area contributed by atoms with Gasteiger partial charge in [-0.1, -0.05) is 121 Å². The number of carbonyl (C=O) groups excluding carboxylic acids is 1. The van der Waals surface area contributed by atoms with Gasteiger partial charge in [-0.2, -0.15) is 0 Å². The fourth-order valence-corrected chi connectivity index (χ4v) is 4.86. The lowest BCUT2D eigenvalue weighted by Gasteiger charge is -2.34. The third-order valence-corrected chi connectivity index (χ3v) is 7.32. The van der Waals surface area contributed by atoms with Crippen LogP contribution in [-0.2, 0) is 54.8 Å². The SMILES string of the molecule is O=CN(C[C@@H](OCc1ccccc1)[C@H](OCc1ccccc1)[C@@H](C=CP(=O)(O)O)OCc1ccccc1)OCc1ccccc1. The quantitative estimate of drug-likeness (QED) is 0.0734. The summed E-state index contributed by atoms with van der Waals surface area (Å²) in [6.07, 6.45) is -0.888. The molecule has 0 aliphatic heterocycles. The number of carbonyl (C=O) groups is 1. The monoisotopic (exact) mass is 631 g/mol. The van der Waals surface area contributed by atoms with Gasteiger partial charge in [-0.3, -0.25) is 14.2 Å². The Hall–Kier alpha value is -3.92. The van der Waals surface area contributed by atoms with E-state index in [1.165, 1.54) is 6.08 Å². The van der Waals surface area contributed by atoms with Gasteiger partial charge in [0.25, 0.3) is 0 Å². The Kier molecular flexibility index (Phi) is 13.7. The molecule has 4 aromatic carbocycles. The molecule has 0 spiro atoms. The van der Waals surface area contributed by atoms with Crippen LogP contribution in [0.4, 0.5) is 0 Å². The molecule has 45 heavy (non-hydrogen) atoms. The molecule has 1 amide bonds. The standard InChI is InChI=1S/C35H38NO8P/c37-28-36(44-27-32-19-11-4-12-20-32)23-34(42-25-30-15-7-2-8-16-30)35(43-26-31-17-9-3-10-18-31)33(21-22-45(38,39)40)41-24-29-13-5-1-6-14-29/h1-22,28,33-35H,23-27H2,(H2,38,39,40)/t33-,34-,35-/m1/s1. The van der Waals surface area contributed by atoms with Gasteiger partial charge in [-0.15, -0.1) is 0 Å². The van der Waals surface area contributed by atoms with Crippen molar-refractivity contribution in [3.05, 3.63) is 155 Å². The van der Waals surface area contributed by atoms with Crippen molar-refractivity contribution in [1.82, 2.24) is 5.06 Å². The molecule has 0 radical (unpaired) electrons. The Balaban J connectivity index is 1.66. The maximum atomic E-state index is 12.2. The number of amides is 1. The van der Waals surface area contributed by atoms with Gasteiger partial charge in [0.15, 0.2) is 0 Å². The predicted molar refractivity (Wildman–Crippen MR) is 170 cm³/mol. The number of ether oxygens (including phenoxy) is 3. The van der Waals surface area contributed by atoms with Crippen molar-refractivity contribution >= 4 is 14.0 Å². The van der Waals surface area contributed by atoms with Crippen LogP contribution >= 0.6 is 7.60 Å². The zero-order chi connectivity index (χ0) is 31.7. The largest absolute Gasteiger partial charge is 0.369 e. The van der Waals surface area contributed by atoms with Crippen molar-refractivity contribution in [3.8, 4) is 0 Å². The fourth-order valence-electron chi connectivity index (χ4n) is 4.47. The molecule has 2 N–H and O–H groups in total. The van der Waals surface area contributed by atoms with Crippen molar-refractivity contribution in [3.63, 3.8) is 0 Å². The summed E-state index contributed by atoms with van der Waals surface area (Å²) in [5.41, 5.74) is 3.49. The second-order valence-electron chi connectivity index (χ2n) is 10.3. The minimum absolute atomic E-state index is 0.0580. The molecule has 10 heteroatoms. The Labute approximate surface area is 263 Å². The molecule has 0 saturated carbocycles. The van der Waals surface area contributed by atoms with Gasteiger partial charge >= 0.3 is 7.60 Å². The number of hydrogen-bond acceptors (Lipinski definition) is 6. The third kappa shape index (κ3) is 12.5. The number of benzene rings is 4. The summed E-state index contributed by atoms with van der Waals surface area (Å²) in [5.74, 6) is 0.805. The van der Waals surface area contributed by atoms with E-state index in [0.29, 0.717) is 6.41 Å². The molecule has 0 aromatic heterocycles. The minimum atomic E-state index is -4.55. The number of rotatable bonds is 19. The lowest BCUT2D eigenvalue weighted by Crippen LogP contribution is -2.47. The highest BCUT2D eigenvalue weighted by Crippen LogP contribution is 2.37. The summed E-state index contributed by atoms with van der Waals surface area (Å²) in [6.45, 7) is 0.549. The molecule has 236 valence electrons. The van der Waals surface area contributed by atoms with E-state index in [4.69, 9.17) is 19.0 Å². The van der Waals surface area contributed by atoms with Crippen molar-refractivity contribution in [1.29, 1.82) is 0 Å². The average Bonchev–Trinajstić information content (AvgIpc) is 3.07. The van der Waals surface area contributed by atoms with Crippen LogP contribution in [-0.4, -0.2) is 46.1 Å². The Morgan fingerprint density at radius 1 is 0.622 bits per heavy atom. The van der Waals surface area contributed by atoms with Gasteiger partial charge in [-0.25, -0.2) is 5.06 Å². The molecule has 0 saturated heterocycles. The lowest BCUT2D eigenvalue weighted by molar-refractivity contribution is -0.205. The first kappa shape index (κ1) is 34.0. The van der Waals surface area contributed by atoms with Crippen LogP contribution in [0.15, 0.2) is 133 Å². The van der Waals surface area contributed by atoms with Crippen LogP contribution in [0.5, 0.6) is 0 Å². The van der Waals surface area contributed by atoms with E-state index in [1.807, 2.05) is 121 Å². The van der Waals surface area contributed by atoms with E-state index in [0.717, 1.165) is 33.1 Å². The summed E-state index contributed by atoms with van der Waals surface area (Å²) in [7, 11) is -4.55. The smallest absolute Gasteiger partial charge is 0.348 e. The van der Waals surface area contributed by atoms with Crippen molar-refractivity contribution in [2.24, 2.45) is 0 Å². The van der Waals surface area contributed by atoms with E-state index >= 15 is 0 Å². The summed E-state index contributed by atoms with van der Waals surface area (Å²) in [4.78, 5) is 37.5. The van der Waals surface area contributed by atoms with Crippen LogP contribution in [0, 0.1) is 0 Å². The maximum absolute atomic E-state index is 12.2. The second-order valence-corrected chi connectivity index (χ2v) is 11.7. The van der Waals surface area contributed by atoms with Gasteiger partial charge in [0.05, 0.1) is 26.4 Å². The Morgan fingerprint density at radius 2 is 1.04 bits per heavy atom. The van der Waals surface area contributed by atoms with E-state index in [2.05, 4.69) is 0 Å². The van der Waals surface area contributed by atoms with Crippen molar-refractivity contribution < 1.29 is 38.2 Å². The summed E-state index contributed by atoms with van der Waals surface area (Å²) in [5, 5.41) is 1.14. The third-order valence-electron chi connectivity index (χ3n) is 6.75. The molecule has 0 fully saturated rings. The van der Waals surface area contributed by atoms with E-state index in [1.54, 1.807) is 0 Å². The van der Waals surface area contributed by atoms with Crippen LogP contribution in [0.2, 0.25) is 0 Å². The summed E-state index contributed by atoms with van der Waals surface area (Å²) < 4.78 is 31.1. The zero-order valence-corrected chi connectivity index (χ0v) is 25.7. The normalized spacial score (nSPS) is 13.7. The number of hydroxylamine groups is 2. The van der Waals surface area contributed by atoms with E-state index < -0.39 is 25.9 Å². The van der Waals surface area contributed by atoms with Crippen LogP contribution in [0.3, 0.4) is 0 Å². The summed E-state index contributed by atoms with van der Waals surface area (Å²) in [6, 6.07) is 37.8. The van der Waals surface area contributed by atoms with Crippen molar-refractivity contribution in [2.75, 3.05) is 6.54 Å². The van der Waals surface area contributed by atoms with Gasteiger partial charge in [0.1, 0.15) is 24.9 Å². The molecule has 4 rings (SSSR count). The highest BCUT2D eigenvalue weighted by atomic mass is 31.2. The topological polar surface area (TPSA) is 115 Å². The first-order valence-electron chi connectivity index (χ1n) is 14.5. The molecular weight excluding hydrogens is 593 g/mol. The molecule has 4 aromatic rings. The first-order valence-corrected chi connectivity index (χ1v) is 16.2. The molecule has 9 nitrogen and oxygen atoms in total. The van der Waals surface area contributed by atoms with E-state index in [9.17, 15) is 19.1 Å². The lowest BCUT2D eigenvalue weighted by atomic mass is 10.1. The van der Waals surface area contributed by atoms with Crippen LogP contribution < -0.4 is 0 Å². The molecule has 0 aliphatic carbocycles. The van der Waals surface area contributed by atoms with Gasteiger partial charge in [-0.05, 0) is 28.3 Å². The summed E-state index contributed by atoms with van der Waals surface area (Å²) >= 11 is 0. The predicted octanol–water partition coefficient (Wildman–Crippen LogP) is 6.02. The van der Waals surface area contributed by atoms with Crippen molar-refractivity contribution in [2.45, 2.75) is 44.7 Å². The highest BCUT2D eigenvalue weighted by Gasteiger charge is 2.33. The molecule has 3 atom stereocenters. The Morgan fingerprint density at radius 3 is 1.49 bits per heavy atom. The minimum Gasteiger partial charge on any atom is -0.369 e. The highest BCUT2D eigenvalue weighted by molar-refractivity contribution is 7.55.